The Bertz CT molecular complexity index is 1140. The number of carbonyl (C=O) groups is 3. The SMILES string of the molecule is CCOC(=O)N[C@]12CCC(C)(C)CC1C1C(=O)C=C3[C@@](C)(/C=C(/C#N)C=O)[C@H](C(C)C)CC[C@@]3(C)[C@]1(C)CC2. The summed E-state index contributed by atoms with van der Waals surface area (Å²) in [6, 6.07) is 2.08. The molecule has 7 atom stereocenters. The molecule has 0 saturated heterocycles. The summed E-state index contributed by atoms with van der Waals surface area (Å²) >= 11 is 0. The number of ether oxygens (including phenoxy) is 1. The van der Waals surface area contributed by atoms with Crippen LogP contribution in [-0.2, 0) is 14.3 Å². The van der Waals surface area contributed by atoms with Crippen LogP contribution in [0.1, 0.15) is 100 Å². The number of fused-ring (bicyclic) bond motifs is 5. The summed E-state index contributed by atoms with van der Waals surface area (Å²) < 4.78 is 5.35. The number of allylic oxidation sites excluding steroid dienone is 4. The van der Waals surface area contributed by atoms with Crippen molar-refractivity contribution in [2.24, 2.45) is 45.3 Å². The molecule has 1 N–H and O–H groups in total. The number of hydrogen-bond acceptors (Lipinski definition) is 5. The highest BCUT2D eigenvalue weighted by molar-refractivity contribution is 5.96. The highest BCUT2D eigenvalue weighted by Gasteiger charge is 2.68. The van der Waals surface area contributed by atoms with Crippen LogP contribution >= 0.6 is 0 Å². The zero-order valence-electron chi connectivity index (χ0n) is 25.3. The van der Waals surface area contributed by atoms with Gasteiger partial charge in [-0.25, -0.2) is 4.79 Å². The summed E-state index contributed by atoms with van der Waals surface area (Å²) in [5, 5.41) is 13.0. The van der Waals surface area contributed by atoms with E-state index in [1.165, 1.54) is 0 Å². The van der Waals surface area contributed by atoms with Crippen LogP contribution in [0.3, 0.4) is 0 Å². The highest BCUT2D eigenvalue weighted by Crippen LogP contribution is 2.72. The summed E-state index contributed by atoms with van der Waals surface area (Å²) in [6.45, 7) is 17.9. The molecule has 0 aromatic rings. The number of nitriles is 1. The average molecular weight is 537 g/mol. The molecule has 214 valence electrons. The quantitative estimate of drug-likeness (QED) is 0.233. The van der Waals surface area contributed by atoms with Crippen LogP contribution in [0.5, 0.6) is 0 Å². The first-order valence-electron chi connectivity index (χ1n) is 14.9. The number of rotatable bonds is 5. The fourth-order valence-corrected chi connectivity index (χ4v) is 9.63. The predicted molar refractivity (Wildman–Crippen MR) is 151 cm³/mol. The first-order valence-corrected chi connectivity index (χ1v) is 14.9. The van der Waals surface area contributed by atoms with Crippen LogP contribution in [0.15, 0.2) is 23.3 Å². The third kappa shape index (κ3) is 4.49. The molecule has 3 fully saturated rings. The summed E-state index contributed by atoms with van der Waals surface area (Å²) in [5.74, 6) is 0.481. The molecule has 0 spiro atoms. The third-order valence-electron chi connectivity index (χ3n) is 11.8. The van der Waals surface area contributed by atoms with Gasteiger partial charge >= 0.3 is 6.09 Å². The number of amides is 1. The molecule has 2 unspecified atom stereocenters. The van der Waals surface area contributed by atoms with Crippen LogP contribution in [-0.4, -0.2) is 30.3 Å². The van der Waals surface area contributed by atoms with Crippen molar-refractivity contribution >= 4 is 18.2 Å². The van der Waals surface area contributed by atoms with E-state index < -0.39 is 11.0 Å². The molecular formula is C33H48N2O4. The van der Waals surface area contributed by atoms with Crippen molar-refractivity contribution in [3.8, 4) is 6.07 Å². The number of alkyl carbamates (subject to hydrolysis) is 1. The second-order valence-corrected chi connectivity index (χ2v) is 14.7. The number of ketones is 1. The molecule has 0 aromatic carbocycles. The number of aldehydes is 1. The molecule has 0 heterocycles. The van der Waals surface area contributed by atoms with Crippen molar-refractivity contribution in [1.82, 2.24) is 5.32 Å². The molecule has 39 heavy (non-hydrogen) atoms. The first-order chi connectivity index (χ1) is 18.1. The van der Waals surface area contributed by atoms with E-state index in [1.54, 1.807) is 0 Å². The molecule has 1 amide bonds. The lowest BCUT2D eigenvalue weighted by Crippen LogP contribution is -2.69. The first kappa shape index (κ1) is 29.6. The Morgan fingerprint density at radius 2 is 1.82 bits per heavy atom. The maximum atomic E-state index is 14.5. The van der Waals surface area contributed by atoms with Gasteiger partial charge in [-0.05, 0) is 91.9 Å². The van der Waals surface area contributed by atoms with E-state index in [-0.39, 0.29) is 51.4 Å². The molecule has 0 bridgehead atoms. The summed E-state index contributed by atoms with van der Waals surface area (Å²) in [5.41, 5.74) is -0.317. The van der Waals surface area contributed by atoms with Crippen molar-refractivity contribution < 1.29 is 19.1 Å². The van der Waals surface area contributed by atoms with Crippen LogP contribution in [0.2, 0.25) is 0 Å². The largest absolute Gasteiger partial charge is 0.450 e. The normalized spacial score (nSPS) is 41.3. The molecule has 6 heteroatoms. The van der Waals surface area contributed by atoms with E-state index in [9.17, 15) is 19.6 Å². The Morgan fingerprint density at radius 1 is 1.15 bits per heavy atom. The van der Waals surface area contributed by atoms with E-state index in [4.69, 9.17) is 4.74 Å². The Hall–Kier alpha value is -2.42. The van der Waals surface area contributed by atoms with Gasteiger partial charge in [-0.2, -0.15) is 5.26 Å². The monoisotopic (exact) mass is 536 g/mol. The van der Waals surface area contributed by atoms with Gasteiger partial charge in [0, 0.05) is 16.9 Å². The van der Waals surface area contributed by atoms with Crippen LogP contribution in [0, 0.1) is 56.7 Å². The van der Waals surface area contributed by atoms with Gasteiger partial charge in [-0.1, -0.05) is 60.1 Å². The van der Waals surface area contributed by atoms with Gasteiger partial charge in [0.2, 0.25) is 0 Å². The summed E-state index contributed by atoms with van der Waals surface area (Å²) in [6.07, 6.45) is 10.3. The lowest BCUT2D eigenvalue weighted by Gasteiger charge is -2.68. The van der Waals surface area contributed by atoms with Gasteiger partial charge in [-0.3, -0.25) is 9.59 Å². The average Bonchev–Trinajstić information content (AvgIpc) is 2.85. The smallest absolute Gasteiger partial charge is 0.407 e. The van der Waals surface area contributed by atoms with Gasteiger partial charge < -0.3 is 10.1 Å². The summed E-state index contributed by atoms with van der Waals surface area (Å²) in [4.78, 5) is 39.0. The van der Waals surface area contributed by atoms with Crippen molar-refractivity contribution in [3.63, 3.8) is 0 Å². The Kier molecular flexibility index (Phi) is 7.50. The molecule has 0 radical (unpaired) electrons. The predicted octanol–water partition coefficient (Wildman–Crippen LogP) is 6.95. The maximum Gasteiger partial charge on any atom is 0.407 e. The van der Waals surface area contributed by atoms with E-state index in [0.717, 1.165) is 50.5 Å². The number of nitrogens with zero attached hydrogens (tertiary/aromatic N) is 1. The molecule has 0 aliphatic heterocycles. The third-order valence-corrected chi connectivity index (χ3v) is 11.8. The lowest BCUT2D eigenvalue weighted by molar-refractivity contribution is -0.158. The molecule has 4 aliphatic rings. The molecule has 6 nitrogen and oxygen atoms in total. The zero-order valence-corrected chi connectivity index (χ0v) is 25.3. The second-order valence-electron chi connectivity index (χ2n) is 14.7. The molecular weight excluding hydrogens is 488 g/mol. The Balaban J connectivity index is 1.89. The van der Waals surface area contributed by atoms with Gasteiger partial charge in [0.15, 0.2) is 12.1 Å². The van der Waals surface area contributed by atoms with Crippen molar-refractivity contribution in [2.75, 3.05) is 6.61 Å². The number of hydrogen-bond donors (Lipinski definition) is 1. The Morgan fingerprint density at radius 3 is 2.41 bits per heavy atom. The minimum atomic E-state index is -0.569. The topological polar surface area (TPSA) is 96.3 Å². The summed E-state index contributed by atoms with van der Waals surface area (Å²) in [7, 11) is 0. The van der Waals surface area contributed by atoms with Crippen molar-refractivity contribution in [3.05, 3.63) is 23.3 Å². The van der Waals surface area contributed by atoms with Gasteiger partial charge in [0.25, 0.3) is 0 Å². The van der Waals surface area contributed by atoms with Crippen LogP contribution in [0.4, 0.5) is 4.79 Å². The molecule has 4 aliphatic carbocycles. The van der Waals surface area contributed by atoms with Crippen molar-refractivity contribution in [2.45, 2.75) is 106 Å². The molecule has 0 aromatic heterocycles. The van der Waals surface area contributed by atoms with Gasteiger partial charge in [0.05, 0.1) is 12.2 Å². The second kappa shape index (κ2) is 9.89. The fraction of sp³-hybridized carbons (Fsp3) is 0.758. The standard InChI is InChI=1S/C33H48N2O4/c1-9-39-28(38)35-33-14-12-29(4,5)18-24(33)27-25(37)16-26-30(6,17-22(19-34)20-36)23(21(2)3)10-11-31(26,7)32(27,8)13-15-33/h16-17,20-21,23-24,27H,9-15,18H2,1-8H3,(H,35,38)/b22-17-/t23-,24?,27?,30-,31+,32+,33-/m0/s1. The minimum absolute atomic E-state index is 0.0146. The van der Waals surface area contributed by atoms with E-state index in [1.807, 2.05) is 19.1 Å². The minimum Gasteiger partial charge on any atom is -0.450 e. The van der Waals surface area contributed by atoms with E-state index in [0.29, 0.717) is 18.8 Å². The van der Waals surface area contributed by atoms with E-state index in [2.05, 4.69) is 59.9 Å². The van der Waals surface area contributed by atoms with E-state index >= 15 is 0 Å². The number of carbonyl (C=O) groups excluding carboxylic acids is 3. The van der Waals surface area contributed by atoms with Gasteiger partial charge in [0.1, 0.15) is 6.07 Å². The Labute approximate surface area is 235 Å². The molecule has 3 saturated carbocycles. The molecule has 4 rings (SSSR count). The van der Waals surface area contributed by atoms with Crippen LogP contribution < -0.4 is 5.32 Å². The van der Waals surface area contributed by atoms with Gasteiger partial charge in [-0.15, -0.1) is 0 Å². The van der Waals surface area contributed by atoms with Crippen molar-refractivity contribution in [1.29, 1.82) is 5.26 Å². The maximum absolute atomic E-state index is 14.5. The highest BCUT2D eigenvalue weighted by atomic mass is 16.5. The fourth-order valence-electron chi connectivity index (χ4n) is 9.63. The lowest BCUT2D eigenvalue weighted by atomic mass is 9.36. The van der Waals surface area contributed by atoms with Crippen LogP contribution in [0.25, 0.3) is 0 Å². The zero-order chi connectivity index (χ0) is 29.0. The number of nitrogens with one attached hydrogen (secondary N) is 1.